The Morgan fingerprint density at radius 1 is 1.70 bits per heavy atom. The van der Waals surface area contributed by atoms with E-state index in [0.717, 1.165) is 6.42 Å². The van der Waals surface area contributed by atoms with Gasteiger partial charge in [-0.05, 0) is 17.9 Å². The summed E-state index contributed by atoms with van der Waals surface area (Å²) in [7, 11) is 0. The van der Waals surface area contributed by atoms with Crippen LogP contribution in [0.3, 0.4) is 0 Å². The van der Waals surface area contributed by atoms with Crippen LogP contribution in [0.4, 0.5) is 0 Å². The van der Waals surface area contributed by atoms with Crippen LogP contribution >= 0.6 is 11.6 Å². The minimum absolute atomic E-state index is 0.0629. The highest BCUT2D eigenvalue weighted by molar-refractivity contribution is 6.23. The van der Waals surface area contributed by atoms with Crippen molar-refractivity contribution in [3.05, 3.63) is 12.2 Å². The van der Waals surface area contributed by atoms with Gasteiger partial charge in [0.15, 0.2) is 0 Å². The third kappa shape index (κ3) is 1.40. The molecule has 1 nitrogen and oxygen atoms in total. The summed E-state index contributed by atoms with van der Waals surface area (Å²) >= 11 is 5.99. The number of nitrogens with one attached hydrogen (secondary N) is 1. The van der Waals surface area contributed by atoms with Crippen LogP contribution in [0.1, 0.15) is 20.3 Å². The molecule has 1 rings (SSSR count). The van der Waals surface area contributed by atoms with E-state index in [1.165, 1.54) is 0 Å². The molecule has 10 heavy (non-hydrogen) atoms. The van der Waals surface area contributed by atoms with Crippen molar-refractivity contribution in [2.75, 3.05) is 0 Å². The van der Waals surface area contributed by atoms with E-state index in [9.17, 15) is 0 Å². The average Bonchev–Trinajstić information content (AvgIpc) is 1.78. The molecular formula is C8H12ClN. The third-order valence-corrected chi connectivity index (χ3v) is 2.60. The molecule has 0 spiro atoms. The summed E-state index contributed by atoms with van der Waals surface area (Å²) in [6, 6.07) is 0. The van der Waals surface area contributed by atoms with E-state index in [4.69, 9.17) is 17.0 Å². The minimum Gasteiger partial charge on any atom is -0.305 e. The molecule has 0 heterocycles. The Bertz CT molecular complexity index is 182. The Labute approximate surface area is 66.6 Å². The molecule has 1 aliphatic rings. The van der Waals surface area contributed by atoms with Gasteiger partial charge in [0.05, 0.1) is 5.38 Å². The van der Waals surface area contributed by atoms with E-state index in [1.54, 1.807) is 6.08 Å². The number of hydrogen-bond donors (Lipinski definition) is 1. The van der Waals surface area contributed by atoms with E-state index < -0.39 is 0 Å². The second-order valence-corrected chi connectivity index (χ2v) is 3.92. The Kier molecular flexibility index (Phi) is 1.86. The highest BCUT2D eigenvalue weighted by Gasteiger charge is 2.29. The summed E-state index contributed by atoms with van der Waals surface area (Å²) in [6.07, 6.45) is 4.48. The molecule has 0 aromatic rings. The second-order valence-electron chi connectivity index (χ2n) is 3.45. The first-order valence-corrected chi connectivity index (χ1v) is 3.86. The molecule has 1 N–H and O–H groups in total. The normalized spacial score (nSPS) is 30.7. The standard InChI is InChI=1S/C8H12ClN/c1-8(2)5-6(10)3-4-7(8)9/h3-4,7,10H,5H2,1-2H3. The predicted molar refractivity (Wildman–Crippen MR) is 44.9 cm³/mol. The quantitative estimate of drug-likeness (QED) is 0.523. The fraction of sp³-hybridized carbons (Fsp3) is 0.625. The van der Waals surface area contributed by atoms with Gasteiger partial charge in [-0.3, -0.25) is 0 Å². The van der Waals surface area contributed by atoms with Gasteiger partial charge in [-0.15, -0.1) is 11.6 Å². The maximum atomic E-state index is 7.39. The molecule has 0 aromatic heterocycles. The van der Waals surface area contributed by atoms with Crippen LogP contribution in [0.5, 0.6) is 0 Å². The fourth-order valence-corrected chi connectivity index (χ4v) is 1.26. The molecule has 2 heteroatoms. The maximum Gasteiger partial charge on any atom is 0.0574 e. The van der Waals surface area contributed by atoms with Crippen molar-refractivity contribution in [3.63, 3.8) is 0 Å². The van der Waals surface area contributed by atoms with Crippen molar-refractivity contribution >= 4 is 17.3 Å². The van der Waals surface area contributed by atoms with Crippen LogP contribution in [0.25, 0.3) is 0 Å². The Morgan fingerprint density at radius 2 is 2.30 bits per heavy atom. The summed E-state index contributed by atoms with van der Waals surface area (Å²) in [5.41, 5.74) is 0.745. The van der Waals surface area contributed by atoms with Gasteiger partial charge in [-0.1, -0.05) is 19.9 Å². The topological polar surface area (TPSA) is 23.9 Å². The van der Waals surface area contributed by atoms with Crippen molar-refractivity contribution in [2.45, 2.75) is 25.6 Å². The fourth-order valence-electron chi connectivity index (χ4n) is 1.11. The smallest absolute Gasteiger partial charge is 0.0574 e. The van der Waals surface area contributed by atoms with E-state index in [0.29, 0.717) is 5.71 Å². The number of halogens is 1. The van der Waals surface area contributed by atoms with Crippen LogP contribution < -0.4 is 0 Å². The SMILES string of the molecule is CC1(C)CC(=N)C=CC1Cl. The van der Waals surface area contributed by atoms with Gasteiger partial charge in [0.1, 0.15) is 0 Å². The third-order valence-electron chi connectivity index (χ3n) is 1.86. The lowest BCUT2D eigenvalue weighted by molar-refractivity contribution is 0.390. The van der Waals surface area contributed by atoms with Gasteiger partial charge in [0.25, 0.3) is 0 Å². The van der Waals surface area contributed by atoms with Crippen molar-refractivity contribution in [2.24, 2.45) is 5.41 Å². The molecule has 0 radical (unpaired) electrons. The molecule has 0 fully saturated rings. The molecule has 0 saturated heterocycles. The number of rotatable bonds is 0. The highest BCUT2D eigenvalue weighted by Crippen LogP contribution is 2.33. The Hall–Kier alpha value is -0.300. The van der Waals surface area contributed by atoms with Gasteiger partial charge in [-0.25, -0.2) is 0 Å². The molecule has 1 atom stereocenters. The second kappa shape index (κ2) is 2.39. The molecule has 0 aliphatic heterocycles. The van der Waals surface area contributed by atoms with Crippen LogP contribution in [-0.4, -0.2) is 11.1 Å². The molecule has 0 amide bonds. The lowest BCUT2D eigenvalue weighted by atomic mass is 9.80. The first-order valence-electron chi connectivity index (χ1n) is 3.42. The number of alkyl halides is 1. The van der Waals surface area contributed by atoms with Crippen molar-refractivity contribution in [3.8, 4) is 0 Å². The minimum atomic E-state index is 0.0629. The molecule has 0 bridgehead atoms. The monoisotopic (exact) mass is 157 g/mol. The molecular weight excluding hydrogens is 146 g/mol. The van der Waals surface area contributed by atoms with Gasteiger partial charge in [0, 0.05) is 5.71 Å². The van der Waals surface area contributed by atoms with Crippen molar-refractivity contribution < 1.29 is 0 Å². The van der Waals surface area contributed by atoms with Gasteiger partial charge in [0.2, 0.25) is 0 Å². The van der Waals surface area contributed by atoms with Crippen LogP contribution in [0.2, 0.25) is 0 Å². The number of allylic oxidation sites excluding steroid dienone is 2. The molecule has 0 saturated carbocycles. The van der Waals surface area contributed by atoms with Gasteiger partial charge < -0.3 is 5.41 Å². The average molecular weight is 158 g/mol. The van der Waals surface area contributed by atoms with Crippen molar-refractivity contribution in [1.82, 2.24) is 0 Å². The summed E-state index contributed by atoms with van der Waals surface area (Å²) in [6.45, 7) is 4.17. The van der Waals surface area contributed by atoms with Gasteiger partial charge >= 0.3 is 0 Å². The zero-order chi connectivity index (χ0) is 7.78. The van der Waals surface area contributed by atoms with Crippen LogP contribution in [0.15, 0.2) is 12.2 Å². The first kappa shape index (κ1) is 7.80. The summed E-state index contributed by atoms with van der Waals surface area (Å²) in [5, 5.41) is 7.47. The molecule has 1 aliphatic carbocycles. The van der Waals surface area contributed by atoms with E-state index in [2.05, 4.69) is 13.8 Å². The lowest BCUT2D eigenvalue weighted by Crippen LogP contribution is -2.29. The Balaban J connectivity index is 2.82. The van der Waals surface area contributed by atoms with Crippen LogP contribution in [0, 0.1) is 10.8 Å². The zero-order valence-corrected chi connectivity index (χ0v) is 7.07. The lowest BCUT2D eigenvalue weighted by Gasteiger charge is -2.30. The Morgan fingerprint density at radius 3 is 2.70 bits per heavy atom. The maximum absolute atomic E-state index is 7.39. The first-order chi connectivity index (χ1) is 4.52. The van der Waals surface area contributed by atoms with Crippen molar-refractivity contribution in [1.29, 1.82) is 5.41 Å². The summed E-state index contributed by atoms with van der Waals surface area (Å²) in [5.74, 6) is 0. The highest BCUT2D eigenvalue weighted by atomic mass is 35.5. The molecule has 56 valence electrons. The largest absolute Gasteiger partial charge is 0.305 e. The molecule has 1 unspecified atom stereocenters. The van der Waals surface area contributed by atoms with E-state index in [-0.39, 0.29) is 10.8 Å². The summed E-state index contributed by atoms with van der Waals surface area (Å²) in [4.78, 5) is 0. The van der Waals surface area contributed by atoms with Crippen LogP contribution in [-0.2, 0) is 0 Å². The zero-order valence-electron chi connectivity index (χ0n) is 6.32. The number of hydrogen-bond acceptors (Lipinski definition) is 1. The summed E-state index contributed by atoms with van der Waals surface area (Å²) < 4.78 is 0. The van der Waals surface area contributed by atoms with Gasteiger partial charge in [-0.2, -0.15) is 0 Å². The predicted octanol–water partition coefficient (Wildman–Crippen LogP) is 2.60. The molecule has 0 aromatic carbocycles. The van der Waals surface area contributed by atoms with E-state index in [1.807, 2.05) is 6.08 Å². The van der Waals surface area contributed by atoms with E-state index >= 15 is 0 Å².